The van der Waals surface area contributed by atoms with Gasteiger partial charge in [0.05, 0.1) is 6.04 Å². The fourth-order valence-electron chi connectivity index (χ4n) is 2.53. The molecule has 2 N–H and O–H groups in total. The normalized spacial score (nSPS) is 11.9. The van der Waals surface area contributed by atoms with Gasteiger partial charge in [-0.05, 0) is 30.0 Å². The molecule has 0 spiro atoms. The quantitative estimate of drug-likeness (QED) is 0.812. The van der Waals surface area contributed by atoms with Crippen LogP contribution < -0.4 is 5.32 Å². The van der Waals surface area contributed by atoms with Gasteiger partial charge in [-0.1, -0.05) is 61.9 Å². The van der Waals surface area contributed by atoms with Crippen molar-refractivity contribution in [2.24, 2.45) is 0 Å². The maximum atomic E-state index is 12.2. The van der Waals surface area contributed by atoms with E-state index < -0.39 is 0 Å². The number of carbonyl (C=O) groups excluding carboxylic acids is 1. The van der Waals surface area contributed by atoms with Crippen LogP contribution in [0.1, 0.15) is 43.4 Å². The first kappa shape index (κ1) is 16.1. The number of carbonyl (C=O) groups is 1. The lowest BCUT2D eigenvalue weighted by atomic mass is 10.0. The maximum Gasteiger partial charge on any atom is 0.220 e. The van der Waals surface area contributed by atoms with Crippen molar-refractivity contribution in [1.29, 1.82) is 0 Å². The summed E-state index contributed by atoms with van der Waals surface area (Å²) in [5, 5.41) is 12.8. The number of hydrogen-bond donors (Lipinski definition) is 2. The monoisotopic (exact) mass is 297 g/mol. The Hall–Kier alpha value is -2.29. The summed E-state index contributed by atoms with van der Waals surface area (Å²) in [6.45, 7) is 2.12. The van der Waals surface area contributed by atoms with Crippen LogP contribution in [-0.2, 0) is 11.2 Å². The molecule has 2 aromatic rings. The third kappa shape index (κ3) is 4.62. The number of phenolic OH excluding ortho intramolecular Hbond substituents is 1. The fourth-order valence-corrected chi connectivity index (χ4v) is 2.53. The van der Waals surface area contributed by atoms with Gasteiger partial charge in [0, 0.05) is 6.42 Å². The van der Waals surface area contributed by atoms with Gasteiger partial charge in [-0.2, -0.15) is 0 Å². The largest absolute Gasteiger partial charge is 0.508 e. The zero-order valence-electron chi connectivity index (χ0n) is 13.0. The predicted molar refractivity (Wildman–Crippen MR) is 88.7 cm³/mol. The second kappa shape index (κ2) is 8.23. The van der Waals surface area contributed by atoms with Gasteiger partial charge in [0.2, 0.25) is 5.91 Å². The standard InChI is InChI=1S/C19H23NO2/c1-2-8-17(15-9-4-3-5-10-15)20-19(22)14-13-16-11-6-7-12-18(16)21/h3-7,9-12,17,21H,2,8,13-14H2,1H3,(H,20,22)/t17-/m1/s1. The van der Waals surface area contributed by atoms with Gasteiger partial charge in [-0.3, -0.25) is 4.79 Å². The number of phenols is 1. The van der Waals surface area contributed by atoms with Gasteiger partial charge in [-0.25, -0.2) is 0 Å². The third-order valence-corrected chi connectivity index (χ3v) is 3.73. The molecule has 2 rings (SSSR count). The molecule has 0 bridgehead atoms. The Balaban J connectivity index is 1.93. The Morgan fingerprint density at radius 1 is 1.09 bits per heavy atom. The lowest BCUT2D eigenvalue weighted by Gasteiger charge is -2.18. The van der Waals surface area contributed by atoms with Crippen molar-refractivity contribution in [2.75, 3.05) is 0 Å². The highest BCUT2D eigenvalue weighted by molar-refractivity contribution is 5.76. The summed E-state index contributed by atoms with van der Waals surface area (Å²) in [5.74, 6) is 0.272. The van der Waals surface area contributed by atoms with Crippen molar-refractivity contribution in [1.82, 2.24) is 5.32 Å². The first-order valence-electron chi connectivity index (χ1n) is 7.82. The predicted octanol–water partition coefficient (Wildman–Crippen LogP) is 3.98. The molecule has 0 radical (unpaired) electrons. The third-order valence-electron chi connectivity index (χ3n) is 3.73. The van der Waals surface area contributed by atoms with Crippen molar-refractivity contribution >= 4 is 5.91 Å². The zero-order valence-corrected chi connectivity index (χ0v) is 13.0. The maximum absolute atomic E-state index is 12.2. The van der Waals surface area contributed by atoms with Crippen LogP contribution in [-0.4, -0.2) is 11.0 Å². The molecule has 116 valence electrons. The van der Waals surface area contributed by atoms with Gasteiger partial charge >= 0.3 is 0 Å². The van der Waals surface area contributed by atoms with Gasteiger partial charge in [0.25, 0.3) is 0 Å². The lowest BCUT2D eigenvalue weighted by molar-refractivity contribution is -0.121. The molecule has 0 aliphatic rings. The first-order valence-corrected chi connectivity index (χ1v) is 7.82. The highest BCUT2D eigenvalue weighted by atomic mass is 16.3. The molecule has 22 heavy (non-hydrogen) atoms. The molecule has 0 fully saturated rings. The molecule has 1 amide bonds. The minimum absolute atomic E-state index is 0.0190. The second-order valence-electron chi connectivity index (χ2n) is 5.45. The molecular formula is C19H23NO2. The van der Waals surface area contributed by atoms with Crippen molar-refractivity contribution in [3.8, 4) is 5.75 Å². The summed E-state index contributed by atoms with van der Waals surface area (Å²) < 4.78 is 0. The molecule has 0 saturated heterocycles. The molecule has 0 heterocycles. The SMILES string of the molecule is CCC[C@@H](NC(=O)CCc1ccccc1O)c1ccccc1. The van der Waals surface area contributed by atoms with Crippen LogP contribution in [0.25, 0.3) is 0 Å². The number of benzene rings is 2. The Morgan fingerprint density at radius 3 is 2.45 bits per heavy atom. The smallest absolute Gasteiger partial charge is 0.220 e. The van der Waals surface area contributed by atoms with Crippen molar-refractivity contribution < 1.29 is 9.90 Å². The van der Waals surface area contributed by atoms with Crippen molar-refractivity contribution in [2.45, 2.75) is 38.6 Å². The van der Waals surface area contributed by atoms with Crippen molar-refractivity contribution in [3.63, 3.8) is 0 Å². The lowest BCUT2D eigenvalue weighted by Crippen LogP contribution is -2.28. The number of aryl methyl sites for hydroxylation is 1. The van der Waals surface area contributed by atoms with Crippen LogP contribution in [0.3, 0.4) is 0 Å². The molecule has 0 saturated carbocycles. The number of aromatic hydroxyl groups is 1. The highest BCUT2D eigenvalue weighted by Gasteiger charge is 2.13. The average molecular weight is 297 g/mol. The molecule has 3 heteroatoms. The molecule has 0 aliphatic carbocycles. The molecule has 1 atom stereocenters. The first-order chi connectivity index (χ1) is 10.7. The van der Waals surface area contributed by atoms with Crippen molar-refractivity contribution in [3.05, 3.63) is 65.7 Å². The minimum Gasteiger partial charge on any atom is -0.508 e. The molecule has 0 aromatic heterocycles. The van der Waals surface area contributed by atoms with E-state index in [0.717, 1.165) is 24.0 Å². The molecule has 0 unspecified atom stereocenters. The highest BCUT2D eigenvalue weighted by Crippen LogP contribution is 2.20. The number of rotatable bonds is 7. The van der Waals surface area contributed by atoms with E-state index in [0.29, 0.717) is 12.8 Å². The van der Waals surface area contributed by atoms with E-state index in [1.54, 1.807) is 12.1 Å². The number of hydrogen-bond acceptors (Lipinski definition) is 2. The van der Waals surface area contributed by atoms with E-state index in [4.69, 9.17) is 0 Å². The molecule has 2 aromatic carbocycles. The molecule has 3 nitrogen and oxygen atoms in total. The second-order valence-corrected chi connectivity index (χ2v) is 5.45. The van der Waals surface area contributed by atoms with Gasteiger partial charge in [0.15, 0.2) is 0 Å². The van der Waals surface area contributed by atoms with E-state index in [1.165, 1.54) is 0 Å². The summed E-state index contributed by atoms with van der Waals surface area (Å²) in [6, 6.07) is 17.3. The number of para-hydroxylation sites is 1. The summed E-state index contributed by atoms with van der Waals surface area (Å²) in [5.41, 5.74) is 1.95. The van der Waals surface area contributed by atoms with E-state index >= 15 is 0 Å². The van der Waals surface area contributed by atoms with Crippen LogP contribution in [0.2, 0.25) is 0 Å². The molecule has 0 aliphatic heterocycles. The fraction of sp³-hybridized carbons (Fsp3) is 0.316. The Morgan fingerprint density at radius 2 is 1.77 bits per heavy atom. The van der Waals surface area contributed by atoms with E-state index in [9.17, 15) is 9.90 Å². The van der Waals surface area contributed by atoms with E-state index in [2.05, 4.69) is 12.2 Å². The average Bonchev–Trinajstić information content (AvgIpc) is 2.54. The van der Waals surface area contributed by atoms with Crippen LogP contribution in [0.5, 0.6) is 5.75 Å². The van der Waals surface area contributed by atoms with Gasteiger partial charge in [-0.15, -0.1) is 0 Å². The number of amides is 1. The Bertz CT molecular complexity index is 595. The van der Waals surface area contributed by atoms with E-state index in [1.807, 2.05) is 42.5 Å². The van der Waals surface area contributed by atoms with Crippen LogP contribution in [0, 0.1) is 0 Å². The van der Waals surface area contributed by atoms with E-state index in [-0.39, 0.29) is 17.7 Å². The van der Waals surface area contributed by atoms with Gasteiger partial charge < -0.3 is 10.4 Å². The van der Waals surface area contributed by atoms with Gasteiger partial charge in [0.1, 0.15) is 5.75 Å². The summed E-state index contributed by atoms with van der Waals surface area (Å²) in [4.78, 5) is 12.2. The molecular weight excluding hydrogens is 274 g/mol. The summed E-state index contributed by atoms with van der Waals surface area (Å²) in [6.07, 6.45) is 2.86. The minimum atomic E-state index is 0.0190. The summed E-state index contributed by atoms with van der Waals surface area (Å²) in [7, 11) is 0. The Kier molecular flexibility index (Phi) is 6.01. The van der Waals surface area contributed by atoms with Crippen LogP contribution in [0.15, 0.2) is 54.6 Å². The zero-order chi connectivity index (χ0) is 15.8. The Labute approximate surface area is 132 Å². The topological polar surface area (TPSA) is 49.3 Å². The summed E-state index contributed by atoms with van der Waals surface area (Å²) >= 11 is 0. The van der Waals surface area contributed by atoms with Crippen LogP contribution >= 0.6 is 0 Å². The van der Waals surface area contributed by atoms with Crippen LogP contribution in [0.4, 0.5) is 0 Å². The number of nitrogens with one attached hydrogen (secondary N) is 1.